The van der Waals surface area contributed by atoms with E-state index in [-0.39, 0.29) is 28.9 Å². The second-order valence-corrected chi connectivity index (χ2v) is 9.13. The van der Waals surface area contributed by atoms with Gasteiger partial charge in [0.05, 0.1) is 30.0 Å². The van der Waals surface area contributed by atoms with Crippen molar-refractivity contribution in [1.82, 2.24) is 4.90 Å². The number of carbonyl (C=O) groups excluding carboxylic acids is 2. The zero-order valence-corrected chi connectivity index (χ0v) is 17.4. The molecule has 2 N–H and O–H groups in total. The van der Waals surface area contributed by atoms with Crippen molar-refractivity contribution >= 4 is 23.8 Å². The number of imide groups is 1. The number of amides is 2. The fourth-order valence-corrected chi connectivity index (χ4v) is 6.28. The summed E-state index contributed by atoms with van der Waals surface area (Å²) in [6, 6.07) is 1.32. The third kappa shape index (κ3) is 2.30. The minimum atomic E-state index is -1.78. The first-order valence-corrected chi connectivity index (χ1v) is 10.9. The fraction of sp³-hybridized carbons (Fsp3) is 0.636. The molecule has 4 aliphatic rings. The van der Waals surface area contributed by atoms with E-state index >= 15 is 0 Å². The number of unbranched alkanes of at least 4 members (excludes halogenated alkanes) is 1. The molecule has 9 heteroatoms. The van der Waals surface area contributed by atoms with Gasteiger partial charge >= 0.3 is 11.9 Å². The Labute approximate surface area is 178 Å². The molecular formula is C22H25NO8. The second kappa shape index (κ2) is 6.66. The van der Waals surface area contributed by atoms with E-state index in [0.717, 1.165) is 25.7 Å². The number of nitrogens with zero attached hydrogens (tertiary/aromatic N) is 1. The highest BCUT2D eigenvalue weighted by molar-refractivity contribution is 6.08. The lowest BCUT2D eigenvalue weighted by molar-refractivity contribution is -0.149. The lowest BCUT2D eigenvalue weighted by Crippen LogP contribution is -2.55. The van der Waals surface area contributed by atoms with E-state index in [2.05, 4.69) is 6.92 Å². The molecule has 5 rings (SSSR count). The highest BCUT2D eigenvalue weighted by atomic mass is 16.5. The van der Waals surface area contributed by atoms with Gasteiger partial charge in [0, 0.05) is 6.54 Å². The molecule has 0 aliphatic carbocycles. The van der Waals surface area contributed by atoms with E-state index in [1.54, 1.807) is 0 Å². The van der Waals surface area contributed by atoms with Gasteiger partial charge in [0.1, 0.15) is 17.1 Å². The van der Waals surface area contributed by atoms with E-state index in [1.165, 1.54) is 11.0 Å². The van der Waals surface area contributed by atoms with Crippen LogP contribution in [0.15, 0.2) is 10.5 Å². The summed E-state index contributed by atoms with van der Waals surface area (Å²) in [5.74, 6) is -5.56. The normalized spacial score (nSPS) is 35.5. The van der Waals surface area contributed by atoms with Crippen molar-refractivity contribution < 1.29 is 38.5 Å². The van der Waals surface area contributed by atoms with Crippen molar-refractivity contribution in [2.45, 2.75) is 63.1 Å². The van der Waals surface area contributed by atoms with E-state index in [9.17, 15) is 29.4 Å². The van der Waals surface area contributed by atoms with Gasteiger partial charge in [-0.15, -0.1) is 0 Å². The number of aromatic carboxylic acids is 1. The lowest BCUT2D eigenvalue weighted by Gasteiger charge is -2.36. The molecule has 5 heterocycles. The predicted molar refractivity (Wildman–Crippen MR) is 103 cm³/mol. The van der Waals surface area contributed by atoms with E-state index < -0.39 is 53.2 Å². The van der Waals surface area contributed by atoms with Crippen LogP contribution in [0.25, 0.3) is 0 Å². The SMILES string of the molecule is CCCCC(CC)CN1C(=O)C2C3OC(C2C1=O)C1(C(=O)O)c2oc(cc2C(=O)O)C31. The zero-order valence-electron chi connectivity index (χ0n) is 17.4. The van der Waals surface area contributed by atoms with Crippen LogP contribution in [0.3, 0.4) is 0 Å². The second-order valence-electron chi connectivity index (χ2n) is 9.13. The minimum Gasteiger partial charge on any atom is -0.480 e. The molecule has 7 unspecified atom stereocenters. The average molecular weight is 431 g/mol. The number of hydrogen-bond donors (Lipinski definition) is 2. The van der Waals surface area contributed by atoms with Gasteiger partial charge in [0.25, 0.3) is 0 Å². The third-order valence-corrected chi connectivity index (χ3v) is 7.74. The molecule has 0 aromatic carbocycles. The molecule has 3 saturated heterocycles. The van der Waals surface area contributed by atoms with Crippen LogP contribution < -0.4 is 0 Å². The number of fused-ring (bicyclic) bond motifs is 12. The van der Waals surface area contributed by atoms with Crippen LogP contribution >= 0.6 is 0 Å². The minimum absolute atomic E-state index is 0.175. The monoisotopic (exact) mass is 431 g/mol. The highest BCUT2D eigenvalue weighted by Crippen LogP contribution is 2.67. The van der Waals surface area contributed by atoms with Gasteiger partial charge in [-0.3, -0.25) is 19.3 Å². The van der Waals surface area contributed by atoms with Gasteiger partial charge in [-0.2, -0.15) is 0 Å². The van der Waals surface area contributed by atoms with Crippen LogP contribution in [0.4, 0.5) is 0 Å². The van der Waals surface area contributed by atoms with Gasteiger partial charge < -0.3 is 19.4 Å². The molecular weight excluding hydrogens is 406 g/mol. The Morgan fingerprint density at radius 1 is 1.19 bits per heavy atom. The molecule has 31 heavy (non-hydrogen) atoms. The van der Waals surface area contributed by atoms with Crippen molar-refractivity contribution in [3.63, 3.8) is 0 Å². The number of aliphatic carboxylic acids is 1. The number of carboxylic acid groups (broad SMARTS) is 2. The van der Waals surface area contributed by atoms with Gasteiger partial charge in [0.2, 0.25) is 11.8 Å². The molecule has 4 bridgehead atoms. The number of hydrogen-bond acceptors (Lipinski definition) is 6. The molecule has 7 atom stereocenters. The fourth-order valence-electron chi connectivity index (χ4n) is 6.28. The van der Waals surface area contributed by atoms with Crippen molar-refractivity contribution in [3.05, 3.63) is 23.2 Å². The number of likely N-dealkylation sites (tertiary alicyclic amines) is 1. The summed E-state index contributed by atoms with van der Waals surface area (Å²) >= 11 is 0. The Morgan fingerprint density at radius 3 is 2.52 bits per heavy atom. The zero-order chi connectivity index (χ0) is 22.2. The van der Waals surface area contributed by atoms with Gasteiger partial charge in [-0.25, -0.2) is 4.79 Å². The van der Waals surface area contributed by atoms with Crippen LogP contribution in [0.2, 0.25) is 0 Å². The Bertz CT molecular complexity index is 998. The van der Waals surface area contributed by atoms with Crippen LogP contribution in [0.5, 0.6) is 0 Å². The topological polar surface area (TPSA) is 134 Å². The summed E-state index contributed by atoms with van der Waals surface area (Å²) in [6.07, 6.45) is 1.85. The average Bonchev–Trinajstić information content (AvgIpc) is 3.51. The molecule has 9 nitrogen and oxygen atoms in total. The molecule has 2 amide bonds. The molecule has 1 aromatic rings. The quantitative estimate of drug-likeness (QED) is 0.597. The van der Waals surface area contributed by atoms with Gasteiger partial charge in [0.15, 0.2) is 5.41 Å². The first-order chi connectivity index (χ1) is 14.8. The van der Waals surface area contributed by atoms with Crippen molar-refractivity contribution in [1.29, 1.82) is 0 Å². The molecule has 1 aromatic heterocycles. The summed E-state index contributed by atoms with van der Waals surface area (Å²) < 4.78 is 11.6. The maximum atomic E-state index is 13.3. The van der Waals surface area contributed by atoms with E-state index in [0.29, 0.717) is 6.54 Å². The molecule has 0 spiro atoms. The van der Waals surface area contributed by atoms with Crippen molar-refractivity contribution in [2.75, 3.05) is 6.54 Å². The summed E-state index contributed by atoms with van der Waals surface area (Å²) in [4.78, 5) is 52.1. The smallest absolute Gasteiger partial charge is 0.339 e. The Balaban J connectivity index is 1.51. The maximum absolute atomic E-state index is 13.3. The Morgan fingerprint density at radius 2 is 1.90 bits per heavy atom. The molecule has 166 valence electrons. The Hall–Kier alpha value is -2.68. The Kier molecular flexibility index (Phi) is 4.35. The van der Waals surface area contributed by atoms with E-state index in [4.69, 9.17) is 9.15 Å². The van der Waals surface area contributed by atoms with Gasteiger partial charge in [-0.1, -0.05) is 33.1 Å². The van der Waals surface area contributed by atoms with Crippen LogP contribution in [-0.4, -0.2) is 57.6 Å². The van der Waals surface area contributed by atoms with Crippen LogP contribution in [-0.2, 0) is 24.5 Å². The summed E-state index contributed by atoms with van der Waals surface area (Å²) in [7, 11) is 0. The molecule has 3 fully saturated rings. The summed E-state index contributed by atoms with van der Waals surface area (Å²) in [6.45, 7) is 4.45. The van der Waals surface area contributed by atoms with E-state index in [1.807, 2.05) is 6.92 Å². The number of furan rings is 1. The predicted octanol–water partition coefficient (Wildman–Crippen LogP) is 2.00. The van der Waals surface area contributed by atoms with Crippen LogP contribution in [0, 0.1) is 17.8 Å². The number of rotatable bonds is 8. The number of carbonyl (C=O) groups is 4. The highest BCUT2D eigenvalue weighted by Gasteiger charge is 2.81. The largest absolute Gasteiger partial charge is 0.480 e. The lowest BCUT2D eigenvalue weighted by atomic mass is 9.57. The number of carboxylic acids is 2. The maximum Gasteiger partial charge on any atom is 0.339 e. The summed E-state index contributed by atoms with van der Waals surface area (Å²) in [5, 5.41) is 19.7. The first-order valence-electron chi connectivity index (χ1n) is 10.9. The molecule has 4 aliphatic heterocycles. The first kappa shape index (κ1) is 20.2. The number of ether oxygens (including phenoxy) is 1. The van der Waals surface area contributed by atoms with Gasteiger partial charge in [-0.05, 0) is 18.4 Å². The third-order valence-electron chi connectivity index (χ3n) is 7.74. The standard InChI is InChI=1S/C22H25NO8/c1-3-5-6-9(4-2)8-23-18(24)12-13(19(23)25)17-22(21(28)29)14(15(12)31-17)11-7-10(20(26)27)16(22)30-11/h7,9,12-15,17H,3-6,8H2,1-2H3,(H,26,27)(H,28,29). The van der Waals surface area contributed by atoms with Crippen LogP contribution in [0.1, 0.15) is 67.3 Å². The molecule has 0 radical (unpaired) electrons. The van der Waals surface area contributed by atoms with Crippen molar-refractivity contribution in [3.8, 4) is 0 Å². The summed E-state index contributed by atoms with van der Waals surface area (Å²) in [5.41, 5.74) is -2.00. The molecule has 0 saturated carbocycles. The van der Waals surface area contributed by atoms with Crippen molar-refractivity contribution in [2.24, 2.45) is 17.8 Å².